The molecular formula is C14H16F10IrNO6S2-. The normalized spacial score (nSPS) is 13.0. The van der Waals surface area contributed by atoms with Gasteiger partial charge in [0.05, 0.1) is 0 Å². The maximum Gasteiger partial charge on any atom is 0.468 e. The number of hydrogen-bond acceptors (Lipinski definition) is 6. The van der Waals surface area contributed by atoms with Crippen LogP contribution in [0.3, 0.4) is 0 Å². The van der Waals surface area contributed by atoms with Crippen LogP contribution in [-0.2, 0) is 46.9 Å². The third-order valence-corrected chi connectivity index (χ3v) is 4.78. The van der Waals surface area contributed by atoms with Gasteiger partial charge < -0.3 is 9.11 Å². The van der Waals surface area contributed by atoms with E-state index < -0.39 is 43.1 Å². The second-order valence-electron chi connectivity index (χ2n) is 5.91. The molecule has 0 fully saturated rings. The Morgan fingerprint density at radius 3 is 1.38 bits per heavy atom. The third kappa shape index (κ3) is 11.6. The molecule has 0 saturated carbocycles. The molecule has 0 bridgehead atoms. The summed E-state index contributed by atoms with van der Waals surface area (Å²) in [6.07, 6.45) is -5.85. The zero-order valence-corrected chi connectivity index (χ0v) is 20.8. The number of aryl methyl sites for hydroxylation is 2. The smallest absolute Gasteiger partial charge is 0.468 e. The number of unbranched alkanes of at least 4 members (excludes halogenated alkanes) is 1. The number of hydrogen-bond donors (Lipinski definition) is 0. The summed E-state index contributed by atoms with van der Waals surface area (Å²) in [7, 11) is -13.3. The topological polar surface area (TPSA) is 118 Å². The molecule has 0 aliphatic carbocycles. The molecule has 1 heterocycles. The summed E-state index contributed by atoms with van der Waals surface area (Å²) in [5.41, 5.74) is 1.34. The molecule has 7 nitrogen and oxygen atoms in total. The van der Waals surface area contributed by atoms with Crippen LogP contribution in [0, 0.1) is 6.92 Å². The van der Waals surface area contributed by atoms with Crippen molar-refractivity contribution in [2.45, 2.75) is 56.1 Å². The van der Waals surface area contributed by atoms with Crippen LogP contribution in [-0.4, -0.2) is 48.8 Å². The van der Waals surface area contributed by atoms with Gasteiger partial charge in [0.25, 0.3) is 0 Å². The molecule has 0 aromatic carbocycles. The van der Waals surface area contributed by atoms with E-state index in [2.05, 4.69) is 42.9 Å². The van der Waals surface area contributed by atoms with E-state index in [9.17, 15) is 69.8 Å². The van der Waals surface area contributed by atoms with Crippen molar-refractivity contribution in [3.05, 3.63) is 30.1 Å². The van der Waals surface area contributed by atoms with E-state index in [1.54, 1.807) is 0 Å². The Balaban J connectivity index is -0.000000418. The van der Waals surface area contributed by atoms with E-state index in [0.29, 0.717) is 0 Å². The predicted octanol–water partition coefficient (Wildman–Crippen LogP) is 3.45. The summed E-state index contributed by atoms with van der Waals surface area (Å²) < 4.78 is 170. The molecule has 1 rings (SSSR count). The average molecular weight is 741 g/mol. The van der Waals surface area contributed by atoms with Crippen LogP contribution in [0.1, 0.15) is 25.3 Å². The van der Waals surface area contributed by atoms with Gasteiger partial charge in [0.2, 0.25) is 0 Å². The van der Waals surface area contributed by atoms with Gasteiger partial charge in [0.15, 0.2) is 32.6 Å². The van der Waals surface area contributed by atoms with Crippen molar-refractivity contribution in [1.29, 1.82) is 0 Å². The van der Waals surface area contributed by atoms with Crippen molar-refractivity contribution in [1.82, 2.24) is 0 Å². The van der Waals surface area contributed by atoms with E-state index in [1.807, 2.05) is 0 Å². The first kappa shape index (κ1) is 37.5. The fourth-order valence-electron chi connectivity index (χ4n) is 1.42. The Morgan fingerprint density at radius 2 is 1.18 bits per heavy atom. The molecule has 0 amide bonds. The third-order valence-electron chi connectivity index (χ3n) is 3.06. The summed E-state index contributed by atoms with van der Waals surface area (Å²) in [6.45, 7) is 5.50. The number of alkyl halides is 10. The number of pyridine rings is 1. The van der Waals surface area contributed by atoms with Gasteiger partial charge in [-0.3, -0.25) is 0 Å². The Kier molecular flexibility index (Phi) is 14.6. The van der Waals surface area contributed by atoms with E-state index in [4.69, 9.17) is 0 Å². The van der Waals surface area contributed by atoms with Gasteiger partial charge in [-0.25, -0.2) is 21.4 Å². The van der Waals surface area contributed by atoms with Crippen molar-refractivity contribution in [2.75, 3.05) is 0 Å². The van der Waals surface area contributed by atoms with Gasteiger partial charge in [-0.2, -0.15) is 43.9 Å². The minimum absolute atomic E-state index is 0. The second-order valence-corrected chi connectivity index (χ2v) is 8.75. The molecule has 0 atom stereocenters. The van der Waals surface area contributed by atoms with Crippen LogP contribution in [0.25, 0.3) is 0 Å². The van der Waals surface area contributed by atoms with Crippen LogP contribution < -0.4 is 4.57 Å². The Morgan fingerprint density at radius 1 is 0.824 bits per heavy atom. The molecule has 0 spiro atoms. The second kappa shape index (κ2) is 13.3. The number of aromatic nitrogens is 1. The fraction of sp³-hybridized carbons (Fsp3) is 0.643. The van der Waals surface area contributed by atoms with E-state index in [0.717, 1.165) is 6.54 Å². The van der Waals surface area contributed by atoms with E-state index in [-0.39, 0.29) is 20.1 Å². The van der Waals surface area contributed by atoms with Crippen molar-refractivity contribution in [3.63, 3.8) is 0 Å². The molecule has 0 saturated heterocycles. The zero-order valence-electron chi connectivity index (χ0n) is 16.8. The number of halogens is 10. The summed E-state index contributed by atoms with van der Waals surface area (Å²) in [6, 6.07) is 4.23. The molecule has 0 aliphatic heterocycles. The maximum atomic E-state index is 11.4. The van der Waals surface area contributed by atoms with Crippen molar-refractivity contribution in [3.8, 4) is 0 Å². The largest absolute Gasteiger partial charge is 0.743 e. The molecule has 1 aromatic rings. The summed E-state index contributed by atoms with van der Waals surface area (Å²) in [4.78, 5) is 0. The molecule has 0 aliphatic rings. The molecule has 0 unspecified atom stereocenters. The first-order chi connectivity index (χ1) is 14.3. The number of nitrogens with zero attached hydrogens (tertiary/aromatic N) is 1. The molecule has 1 radical (unpaired) electrons. The first-order valence-corrected chi connectivity index (χ1v) is 10.9. The molecule has 1 aromatic heterocycles. The first-order valence-electron chi connectivity index (χ1n) is 8.08. The monoisotopic (exact) mass is 741 g/mol. The van der Waals surface area contributed by atoms with Gasteiger partial charge in [0, 0.05) is 38.2 Å². The SMILES string of the molecule is CCCC[n+]1cccc(C)c1.O=S(=O)([O-])C(F)(F)C(F)(F)F.O=S(=O)([O-])C(F)(F)C(F)(F)F.[Ir]. The van der Waals surface area contributed by atoms with Crippen LogP contribution in [0.5, 0.6) is 0 Å². The van der Waals surface area contributed by atoms with Gasteiger partial charge in [-0.1, -0.05) is 13.3 Å². The summed E-state index contributed by atoms with van der Waals surface area (Å²) >= 11 is 0. The average Bonchev–Trinajstić information content (AvgIpc) is 2.57. The van der Waals surface area contributed by atoms with Crippen molar-refractivity contribution in [2.24, 2.45) is 0 Å². The minimum atomic E-state index is -6.67. The zero-order chi connectivity index (χ0) is 27.1. The van der Waals surface area contributed by atoms with Crippen molar-refractivity contribution >= 4 is 20.2 Å². The summed E-state index contributed by atoms with van der Waals surface area (Å²) in [5, 5.41) is -12.4. The van der Waals surface area contributed by atoms with Crippen molar-refractivity contribution < 1.29 is 94.5 Å². The molecule has 205 valence electrons. The fourth-order valence-corrected chi connectivity index (χ4v) is 1.98. The predicted molar refractivity (Wildman–Crippen MR) is 87.7 cm³/mol. The minimum Gasteiger partial charge on any atom is -0.743 e. The van der Waals surface area contributed by atoms with Gasteiger partial charge in [-0.15, -0.1) is 0 Å². The quantitative estimate of drug-likeness (QED) is 0.260. The van der Waals surface area contributed by atoms with Gasteiger partial charge >= 0.3 is 22.9 Å². The standard InChI is InChI=1S/C10H16N.2C2HF5O3S.Ir/c1-3-4-7-11-8-5-6-10(2)9-11;2*3-1(4,5)2(6,7)11(8,9)10;/h5-6,8-9H,3-4,7H2,1-2H3;2*(H,8,9,10);/q+1;;;/p-2. The molecule has 0 N–H and O–H groups in total. The van der Waals surface area contributed by atoms with Gasteiger partial charge in [-0.05, 0) is 13.0 Å². The Hall–Kier alpha value is -1.08. The van der Waals surface area contributed by atoms with Gasteiger partial charge in [0.1, 0.15) is 6.54 Å². The summed E-state index contributed by atoms with van der Waals surface area (Å²) in [5.74, 6) is 0. The van der Waals surface area contributed by atoms with Crippen LogP contribution in [0.15, 0.2) is 24.5 Å². The van der Waals surface area contributed by atoms with Crippen LogP contribution in [0.2, 0.25) is 0 Å². The Bertz CT molecular complexity index is 912. The Labute approximate surface area is 201 Å². The molecule has 34 heavy (non-hydrogen) atoms. The van der Waals surface area contributed by atoms with Crippen LogP contribution >= 0.6 is 0 Å². The van der Waals surface area contributed by atoms with E-state index >= 15 is 0 Å². The van der Waals surface area contributed by atoms with Crippen LogP contribution in [0.4, 0.5) is 43.9 Å². The molecule has 20 heteroatoms. The van der Waals surface area contributed by atoms with E-state index in [1.165, 1.54) is 18.4 Å². The maximum absolute atomic E-state index is 11.4. The molecular weight excluding hydrogens is 724 g/mol. The number of rotatable bonds is 5.